The first-order chi connectivity index (χ1) is 3.89. The van der Waals surface area contributed by atoms with Crippen LogP contribution in [0.3, 0.4) is 0 Å². The Morgan fingerprint density at radius 3 is 1.44 bits per heavy atom. The maximum absolute atomic E-state index is 8.74. The van der Waals surface area contributed by atoms with E-state index in [9.17, 15) is 0 Å². The predicted octanol–water partition coefficient (Wildman–Crippen LogP) is -0.545. The molecule has 1 aliphatic carbocycles. The molecule has 5 nitrogen and oxygen atoms in total. The van der Waals surface area contributed by atoms with Gasteiger partial charge in [-0.25, -0.2) is 0 Å². The molecular formula is C3H9NO4S. The van der Waals surface area contributed by atoms with Crippen LogP contribution in [-0.2, 0) is 10.4 Å². The normalized spacial score (nSPS) is 18.1. The van der Waals surface area contributed by atoms with Crippen molar-refractivity contribution in [3.8, 4) is 0 Å². The van der Waals surface area contributed by atoms with Gasteiger partial charge >= 0.3 is 10.4 Å². The highest BCUT2D eigenvalue weighted by Crippen LogP contribution is 2.13. The van der Waals surface area contributed by atoms with Crippen LogP contribution in [0.15, 0.2) is 0 Å². The van der Waals surface area contributed by atoms with Crippen molar-refractivity contribution in [2.75, 3.05) is 0 Å². The van der Waals surface area contributed by atoms with E-state index < -0.39 is 10.4 Å². The van der Waals surface area contributed by atoms with Gasteiger partial charge in [-0.2, -0.15) is 8.42 Å². The number of hydrogen-bond acceptors (Lipinski definition) is 3. The Morgan fingerprint density at radius 1 is 1.33 bits per heavy atom. The lowest BCUT2D eigenvalue weighted by Crippen LogP contribution is -1.94. The summed E-state index contributed by atoms with van der Waals surface area (Å²) >= 11 is 0. The molecule has 1 rings (SSSR count). The quantitative estimate of drug-likeness (QED) is 0.408. The molecule has 0 amide bonds. The van der Waals surface area contributed by atoms with Crippen LogP contribution in [0.25, 0.3) is 0 Å². The molecule has 0 spiro atoms. The molecule has 0 aromatic carbocycles. The molecule has 6 heteroatoms. The lowest BCUT2D eigenvalue weighted by atomic mass is 10.8. The summed E-state index contributed by atoms with van der Waals surface area (Å²) in [5, 5.41) is 0. The van der Waals surface area contributed by atoms with Gasteiger partial charge in [0, 0.05) is 6.04 Å². The number of nitrogens with two attached hydrogens (primary N) is 1. The third kappa shape index (κ3) is 33.2. The third-order valence-corrected chi connectivity index (χ3v) is 0.622. The maximum atomic E-state index is 8.74. The second-order valence-electron chi connectivity index (χ2n) is 1.79. The van der Waals surface area contributed by atoms with Crippen LogP contribution in [0, 0.1) is 0 Å². The van der Waals surface area contributed by atoms with Gasteiger partial charge in [0.15, 0.2) is 0 Å². The van der Waals surface area contributed by atoms with Crippen molar-refractivity contribution in [1.82, 2.24) is 0 Å². The summed E-state index contributed by atoms with van der Waals surface area (Å²) in [6.45, 7) is 0. The van der Waals surface area contributed by atoms with E-state index in [1.807, 2.05) is 0 Å². The first kappa shape index (κ1) is 8.83. The topological polar surface area (TPSA) is 101 Å². The fourth-order valence-corrected chi connectivity index (χ4v) is 0.0962. The predicted molar refractivity (Wildman–Crippen MR) is 31.4 cm³/mol. The Bertz CT molecular complexity index is 151. The zero-order chi connectivity index (χ0) is 7.49. The van der Waals surface area contributed by atoms with E-state index in [1.54, 1.807) is 0 Å². The van der Waals surface area contributed by atoms with E-state index in [0.717, 1.165) is 0 Å². The van der Waals surface area contributed by atoms with Crippen molar-refractivity contribution in [3.63, 3.8) is 0 Å². The van der Waals surface area contributed by atoms with E-state index in [4.69, 9.17) is 23.3 Å². The molecule has 0 atom stereocenters. The molecule has 0 saturated heterocycles. The smallest absolute Gasteiger partial charge is 0.328 e. The summed E-state index contributed by atoms with van der Waals surface area (Å²) in [5.74, 6) is 0. The molecule has 9 heavy (non-hydrogen) atoms. The maximum Gasteiger partial charge on any atom is 0.394 e. The minimum atomic E-state index is -4.67. The molecule has 1 fully saturated rings. The van der Waals surface area contributed by atoms with Crippen LogP contribution in [-0.4, -0.2) is 23.6 Å². The fraction of sp³-hybridized carbons (Fsp3) is 1.00. The van der Waals surface area contributed by atoms with Gasteiger partial charge in [0.05, 0.1) is 0 Å². The Balaban J connectivity index is 0.000000144. The van der Waals surface area contributed by atoms with Crippen LogP contribution in [0.5, 0.6) is 0 Å². The van der Waals surface area contributed by atoms with Crippen LogP contribution >= 0.6 is 0 Å². The minimum absolute atomic E-state index is 0.583. The molecule has 1 saturated carbocycles. The summed E-state index contributed by atoms with van der Waals surface area (Å²) in [6.07, 6.45) is 2.53. The lowest BCUT2D eigenvalue weighted by molar-refractivity contribution is 0.381. The number of rotatable bonds is 0. The Labute approximate surface area is 53.4 Å². The zero-order valence-corrected chi connectivity index (χ0v) is 5.50. The Morgan fingerprint density at radius 2 is 1.44 bits per heavy atom. The van der Waals surface area contributed by atoms with E-state index in [1.165, 1.54) is 12.8 Å². The van der Waals surface area contributed by atoms with Crippen molar-refractivity contribution in [2.24, 2.45) is 5.73 Å². The molecule has 0 heterocycles. The monoisotopic (exact) mass is 155 g/mol. The Hall–Kier alpha value is -0.170. The summed E-state index contributed by atoms with van der Waals surface area (Å²) in [4.78, 5) is 0. The van der Waals surface area contributed by atoms with Gasteiger partial charge in [0.1, 0.15) is 0 Å². The lowest BCUT2D eigenvalue weighted by Gasteiger charge is -1.68. The van der Waals surface area contributed by atoms with Crippen molar-refractivity contribution in [2.45, 2.75) is 18.9 Å². The van der Waals surface area contributed by atoms with Crippen LogP contribution < -0.4 is 5.73 Å². The average molecular weight is 155 g/mol. The van der Waals surface area contributed by atoms with Gasteiger partial charge in [-0.15, -0.1) is 0 Å². The van der Waals surface area contributed by atoms with E-state index in [0.29, 0.717) is 6.04 Å². The fourth-order valence-electron chi connectivity index (χ4n) is 0.0962. The van der Waals surface area contributed by atoms with Crippen LogP contribution in [0.4, 0.5) is 0 Å². The van der Waals surface area contributed by atoms with E-state index in [-0.39, 0.29) is 0 Å². The van der Waals surface area contributed by atoms with Crippen LogP contribution in [0.2, 0.25) is 0 Å². The molecule has 0 unspecified atom stereocenters. The molecule has 56 valence electrons. The van der Waals surface area contributed by atoms with Gasteiger partial charge < -0.3 is 5.73 Å². The second-order valence-corrected chi connectivity index (χ2v) is 2.68. The summed E-state index contributed by atoms with van der Waals surface area (Å²) in [6, 6.07) is 0.583. The first-order valence-corrected chi connectivity index (χ1v) is 3.75. The molecule has 4 N–H and O–H groups in total. The van der Waals surface area contributed by atoms with Gasteiger partial charge in [-0.05, 0) is 12.8 Å². The van der Waals surface area contributed by atoms with Crippen molar-refractivity contribution >= 4 is 10.4 Å². The van der Waals surface area contributed by atoms with Crippen molar-refractivity contribution in [1.29, 1.82) is 0 Å². The first-order valence-electron chi connectivity index (χ1n) is 2.35. The minimum Gasteiger partial charge on any atom is -0.328 e. The van der Waals surface area contributed by atoms with Gasteiger partial charge in [-0.3, -0.25) is 9.11 Å². The largest absolute Gasteiger partial charge is 0.394 e. The Kier molecular flexibility index (Phi) is 3.06. The third-order valence-electron chi connectivity index (χ3n) is 0.622. The summed E-state index contributed by atoms with van der Waals surface area (Å²) in [7, 11) is -4.67. The highest BCUT2D eigenvalue weighted by molar-refractivity contribution is 7.79. The van der Waals surface area contributed by atoms with Crippen molar-refractivity contribution in [3.05, 3.63) is 0 Å². The molecule has 0 aromatic rings. The zero-order valence-electron chi connectivity index (χ0n) is 4.69. The summed E-state index contributed by atoms with van der Waals surface area (Å²) in [5.41, 5.74) is 5.22. The average Bonchev–Trinajstić information content (AvgIpc) is 2.13. The van der Waals surface area contributed by atoms with E-state index in [2.05, 4.69) is 0 Å². The van der Waals surface area contributed by atoms with Crippen LogP contribution in [0.1, 0.15) is 12.8 Å². The van der Waals surface area contributed by atoms with Gasteiger partial charge in [0.25, 0.3) is 0 Å². The van der Waals surface area contributed by atoms with Gasteiger partial charge in [0.2, 0.25) is 0 Å². The van der Waals surface area contributed by atoms with E-state index >= 15 is 0 Å². The number of hydrogen-bond donors (Lipinski definition) is 3. The molecular weight excluding hydrogens is 146 g/mol. The molecule has 1 aliphatic rings. The molecule has 0 aromatic heterocycles. The summed E-state index contributed by atoms with van der Waals surface area (Å²) < 4.78 is 31.6. The highest BCUT2D eigenvalue weighted by Gasteiger charge is 2.13. The molecule has 0 aliphatic heterocycles. The second kappa shape index (κ2) is 3.11. The standard InChI is InChI=1S/C3H7N.H2O4S/c4-3-1-2-3;1-5(2,3)4/h3H,1-2,4H2;(H2,1,2,3,4). The SMILES string of the molecule is NC1CC1.O=S(=O)(O)O. The molecule has 0 radical (unpaired) electrons. The van der Waals surface area contributed by atoms with Gasteiger partial charge in [-0.1, -0.05) is 0 Å². The highest BCUT2D eigenvalue weighted by atomic mass is 32.3. The van der Waals surface area contributed by atoms with Crippen molar-refractivity contribution < 1.29 is 17.5 Å². The molecule has 0 bridgehead atoms.